The Morgan fingerprint density at radius 3 is 2.68 bits per heavy atom. The summed E-state index contributed by atoms with van der Waals surface area (Å²) in [6.45, 7) is 0. The van der Waals surface area contributed by atoms with Crippen molar-refractivity contribution in [3.63, 3.8) is 0 Å². The normalized spacial score (nSPS) is 9.79. The van der Waals surface area contributed by atoms with E-state index in [-0.39, 0.29) is 11.1 Å². The lowest BCUT2D eigenvalue weighted by Crippen LogP contribution is -2.30. The van der Waals surface area contributed by atoms with Crippen LogP contribution < -0.4 is 15.6 Å². The molecule has 0 fully saturated rings. The second-order valence-corrected chi connectivity index (χ2v) is 3.91. The highest BCUT2D eigenvalue weighted by molar-refractivity contribution is 6.29. The molecule has 6 nitrogen and oxygen atoms in total. The number of benzene rings is 1. The summed E-state index contributed by atoms with van der Waals surface area (Å²) in [5.41, 5.74) is 5.55. The fourth-order valence-corrected chi connectivity index (χ4v) is 1.50. The fourth-order valence-electron chi connectivity index (χ4n) is 1.40. The van der Waals surface area contributed by atoms with E-state index in [4.69, 9.17) is 16.3 Å². The first kappa shape index (κ1) is 13.1. The number of methoxy groups -OCH3 is 1. The zero-order valence-electron chi connectivity index (χ0n) is 10.1. The average molecular weight is 279 g/mol. The molecule has 0 aliphatic rings. The van der Waals surface area contributed by atoms with Gasteiger partial charge >= 0.3 is 0 Å². The van der Waals surface area contributed by atoms with Crippen LogP contribution in [0.15, 0.2) is 36.4 Å². The lowest BCUT2D eigenvalue weighted by molar-refractivity contribution is 0.0959. The number of carbonyl (C=O) groups is 1. The molecule has 0 aliphatic heterocycles. The summed E-state index contributed by atoms with van der Waals surface area (Å²) in [6, 6.07) is 10.1. The predicted octanol–water partition coefficient (Wildman–Crippen LogP) is 1.90. The molecule has 2 N–H and O–H groups in total. The number of aromatic nitrogens is 2. The average Bonchev–Trinajstić information content (AvgIpc) is 2.46. The first-order valence-electron chi connectivity index (χ1n) is 5.39. The molecular formula is C12H11ClN4O2. The van der Waals surface area contributed by atoms with Gasteiger partial charge in [-0.1, -0.05) is 23.7 Å². The first-order valence-corrected chi connectivity index (χ1v) is 5.77. The smallest absolute Gasteiger partial charge is 0.273 e. The highest BCUT2D eigenvalue weighted by Crippen LogP contribution is 2.16. The molecule has 1 heterocycles. The van der Waals surface area contributed by atoms with Gasteiger partial charge in [-0.25, -0.2) is 0 Å². The number of anilines is 1. The van der Waals surface area contributed by atoms with E-state index in [0.29, 0.717) is 17.1 Å². The number of nitrogens with one attached hydrogen (secondary N) is 2. The van der Waals surface area contributed by atoms with Crippen molar-refractivity contribution < 1.29 is 9.53 Å². The van der Waals surface area contributed by atoms with Crippen molar-refractivity contribution in [2.45, 2.75) is 0 Å². The van der Waals surface area contributed by atoms with E-state index in [9.17, 15) is 4.79 Å². The van der Waals surface area contributed by atoms with Crippen LogP contribution in [0.2, 0.25) is 5.15 Å². The Labute approximate surface area is 114 Å². The van der Waals surface area contributed by atoms with Gasteiger partial charge in [0.05, 0.1) is 12.7 Å². The van der Waals surface area contributed by atoms with Crippen molar-refractivity contribution in [1.29, 1.82) is 0 Å². The molecule has 0 unspecified atom stereocenters. The van der Waals surface area contributed by atoms with Crippen molar-refractivity contribution in [3.05, 3.63) is 47.1 Å². The Morgan fingerprint density at radius 1 is 1.21 bits per heavy atom. The van der Waals surface area contributed by atoms with Gasteiger partial charge in [-0.05, 0) is 24.3 Å². The lowest BCUT2D eigenvalue weighted by Gasteiger charge is -2.09. The summed E-state index contributed by atoms with van der Waals surface area (Å²) in [7, 11) is 1.50. The van der Waals surface area contributed by atoms with Crippen LogP contribution in [0.3, 0.4) is 0 Å². The van der Waals surface area contributed by atoms with E-state index in [0.717, 1.165) is 0 Å². The van der Waals surface area contributed by atoms with E-state index in [1.54, 1.807) is 36.4 Å². The van der Waals surface area contributed by atoms with Crippen LogP contribution in [-0.4, -0.2) is 23.2 Å². The molecule has 98 valence electrons. The summed E-state index contributed by atoms with van der Waals surface area (Å²) in [4.78, 5) is 11.9. The molecule has 1 amide bonds. The molecule has 0 saturated carbocycles. The topological polar surface area (TPSA) is 76.1 Å². The molecule has 2 rings (SSSR count). The number of ether oxygens (including phenoxy) is 1. The number of carbonyl (C=O) groups excluding carboxylic acids is 1. The highest BCUT2D eigenvalue weighted by Gasteiger charge is 2.10. The van der Waals surface area contributed by atoms with Gasteiger partial charge < -0.3 is 4.74 Å². The van der Waals surface area contributed by atoms with Crippen molar-refractivity contribution >= 4 is 23.3 Å². The van der Waals surface area contributed by atoms with Gasteiger partial charge in [0.1, 0.15) is 5.75 Å². The molecule has 7 heteroatoms. The van der Waals surface area contributed by atoms with E-state index in [1.165, 1.54) is 7.11 Å². The van der Waals surface area contributed by atoms with Crippen LogP contribution in [-0.2, 0) is 0 Å². The Balaban J connectivity index is 2.03. The molecule has 1 aromatic heterocycles. The summed E-state index contributed by atoms with van der Waals surface area (Å²) in [5.74, 6) is 0.533. The van der Waals surface area contributed by atoms with Crippen molar-refractivity contribution in [2.75, 3.05) is 12.5 Å². The Bertz CT molecular complexity index is 574. The summed E-state index contributed by atoms with van der Waals surface area (Å²) < 4.78 is 5.10. The third-order valence-corrected chi connectivity index (χ3v) is 2.49. The maximum Gasteiger partial charge on any atom is 0.273 e. The van der Waals surface area contributed by atoms with Gasteiger partial charge in [0, 0.05) is 0 Å². The molecule has 0 atom stereocenters. The van der Waals surface area contributed by atoms with Gasteiger partial charge in [0.2, 0.25) is 0 Å². The molecule has 2 aromatic rings. The van der Waals surface area contributed by atoms with Gasteiger partial charge in [-0.3, -0.25) is 15.6 Å². The second-order valence-electron chi connectivity index (χ2n) is 3.52. The number of amides is 1. The molecular weight excluding hydrogens is 268 g/mol. The molecule has 0 aliphatic carbocycles. The third kappa shape index (κ3) is 3.32. The van der Waals surface area contributed by atoms with Crippen molar-refractivity contribution in [1.82, 2.24) is 15.6 Å². The zero-order chi connectivity index (χ0) is 13.7. The van der Waals surface area contributed by atoms with Crippen LogP contribution in [0.1, 0.15) is 10.4 Å². The minimum Gasteiger partial charge on any atom is -0.496 e. The molecule has 0 bridgehead atoms. The molecule has 0 radical (unpaired) electrons. The van der Waals surface area contributed by atoms with E-state index in [2.05, 4.69) is 21.0 Å². The molecule has 19 heavy (non-hydrogen) atoms. The van der Waals surface area contributed by atoms with Gasteiger partial charge in [-0.15, -0.1) is 10.2 Å². The largest absolute Gasteiger partial charge is 0.496 e. The number of para-hydroxylation sites is 1. The number of rotatable bonds is 4. The van der Waals surface area contributed by atoms with Crippen LogP contribution in [0.5, 0.6) is 5.75 Å². The van der Waals surface area contributed by atoms with Crippen LogP contribution in [0.25, 0.3) is 0 Å². The number of hydrogen-bond acceptors (Lipinski definition) is 5. The van der Waals surface area contributed by atoms with Gasteiger partial charge in [0.15, 0.2) is 11.0 Å². The summed E-state index contributed by atoms with van der Waals surface area (Å²) in [6.07, 6.45) is 0. The SMILES string of the molecule is COc1ccccc1C(=O)NNc1ccc(Cl)nn1. The maximum absolute atomic E-state index is 11.9. The number of hydrogen-bond donors (Lipinski definition) is 2. The zero-order valence-corrected chi connectivity index (χ0v) is 10.8. The van der Waals surface area contributed by atoms with Gasteiger partial charge in [0.25, 0.3) is 5.91 Å². The molecule has 0 saturated heterocycles. The standard InChI is InChI=1S/C12H11ClN4O2/c1-19-9-5-3-2-4-8(9)12(18)17-16-11-7-6-10(13)14-15-11/h2-7H,1H3,(H,15,16)(H,17,18). The minimum absolute atomic E-state index is 0.279. The Kier molecular flexibility index (Phi) is 4.15. The van der Waals surface area contributed by atoms with Crippen LogP contribution >= 0.6 is 11.6 Å². The first-order chi connectivity index (χ1) is 9.20. The number of halogens is 1. The number of nitrogens with zero attached hydrogens (tertiary/aromatic N) is 2. The van der Waals surface area contributed by atoms with E-state index in [1.807, 2.05) is 0 Å². The molecule has 1 aromatic carbocycles. The molecule has 0 spiro atoms. The number of hydrazine groups is 1. The Morgan fingerprint density at radius 2 is 2.00 bits per heavy atom. The monoisotopic (exact) mass is 278 g/mol. The van der Waals surface area contributed by atoms with Crippen molar-refractivity contribution in [3.8, 4) is 5.75 Å². The van der Waals surface area contributed by atoms with Crippen LogP contribution in [0, 0.1) is 0 Å². The van der Waals surface area contributed by atoms with Crippen LogP contribution in [0.4, 0.5) is 5.82 Å². The quantitative estimate of drug-likeness (QED) is 0.836. The summed E-state index contributed by atoms with van der Waals surface area (Å²) in [5, 5.41) is 7.67. The maximum atomic E-state index is 11.9. The third-order valence-electron chi connectivity index (χ3n) is 2.29. The fraction of sp³-hybridized carbons (Fsp3) is 0.0833. The highest BCUT2D eigenvalue weighted by atomic mass is 35.5. The summed E-state index contributed by atoms with van der Waals surface area (Å²) >= 11 is 5.60. The van der Waals surface area contributed by atoms with Gasteiger partial charge in [-0.2, -0.15) is 0 Å². The van der Waals surface area contributed by atoms with E-state index >= 15 is 0 Å². The Hall–Kier alpha value is -2.34. The van der Waals surface area contributed by atoms with Crippen molar-refractivity contribution in [2.24, 2.45) is 0 Å². The van der Waals surface area contributed by atoms with E-state index < -0.39 is 0 Å². The predicted molar refractivity (Wildman–Crippen MR) is 71.1 cm³/mol. The second kappa shape index (κ2) is 6.01. The minimum atomic E-state index is -0.339. The lowest BCUT2D eigenvalue weighted by atomic mass is 10.2.